The first kappa shape index (κ1) is 28.3. The van der Waals surface area contributed by atoms with Gasteiger partial charge in [0.2, 0.25) is 5.91 Å². The third-order valence-corrected chi connectivity index (χ3v) is 9.08. The van der Waals surface area contributed by atoms with E-state index in [9.17, 15) is 14.0 Å². The number of hydrogen-bond acceptors (Lipinski definition) is 6. The SMILES string of the molecule is CC(C)(C)c1ccc(N(C(=O)c2cc(N)cc(F)c2)C(C(=O)N[C@H]2C3CO[C@@]4(C)OCC2C4C3)c2cccnc2)cc1. The number of benzene rings is 2. The highest BCUT2D eigenvalue weighted by atomic mass is 19.1. The summed E-state index contributed by atoms with van der Waals surface area (Å²) in [6.45, 7) is 9.27. The molecule has 6 rings (SSSR count). The highest BCUT2D eigenvalue weighted by molar-refractivity contribution is 6.10. The molecule has 3 aromatic rings. The number of fused-ring (bicyclic) bond motifs is 1. The molecule has 3 N–H and O–H groups in total. The molecule has 1 saturated carbocycles. The molecule has 2 amide bonds. The molecule has 8 nitrogen and oxygen atoms in total. The summed E-state index contributed by atoms with van der Waals surface area (Å²) in [6.07, 6.45) is 4.10. The monoisotopic (exact) mass is 572 g/mol. The van der Waals surface area contributed by atoms with Crippen LogP contribution in [0.15, 0.2) is 67.0 Å². The zero-order chi connectivity index (χ0) is 29.8. The molecule has 4 unspecified atom stereocenters. The Bertz CT molecular complexity index is 1470. The maximum Gasteiger partial charge on any atom is 0.259 e. The summed E-state index contributed by atoms with van der Waals surface area (Å²) >= 11 is 0. The Morgan fingerprint density at radius 2 is 1.86 bits per heavy atom. The Kier molecular flexibility index (Phi) is 7.06. The molecule has 6 atom stereocenters. The molecule has 3 heterocycles. The second-order valence-electron chi connectivity index (χ2n) is 12.9. The van der Waals surface area contributed by atoms with E-state index in [4.69, 9.17) is 15.2 Å². The zero-order valence-electron chi connectivity index (χ0n) is 24.3. The second kappa shape index (κ2) is 10.5. The van der Waals surface area contributed by atoms with Crippen molar-refractivity contribution in [3.63, 3.8) is 0 Å². The van der Waals surface area contributed by atoms with E-state index in [0.717, 1.165) is 24.1 Å². The summed E-state index contributed by atoms with van der Waals surface area (Å²) in [5, 5.41) is 3.29. The van der Waals surface area contributed by atoms with Crippen LogP contribution in [-0.2, 0) is 19.7 Å². The lowest BCUT2D eigenvalue weighted by Crippen LogP contribution is -2.50. The van der Waals surface area contributed by atoms with Gasteiger partial charge in [-0.05, 0) is 60.7 Å². The molecule has 42 heavy (non-hydrogen) atoms. The molecule has 2 saturated heterocycles. The van der Waals surface area contributed by atoms with Crippen LogP contribution in [0.1, 0.15) is 61.6 Å². The van der Waals surface area contributed by atoms with Crippen molar-refractivity contribution in [2.24, 2.45) is 17.8 Å². The van der Waals surface area contributed by atoms with Crippen LogP contribution in [0.25, 0.3) is 0 Å². The first-order chi connectivity index (χ1) is 19.9. The van der Waals surface area contributed by atoms with Gasteiger partial charge in [-0.2, -0.15) is 0 Å². The molecule has 1 aromatic heterocycles. The van der Waals surface area contributed by atoms with E-state index in [1.54, 1.807) is 24.5 Å². The van der Waals surface area contributed by atoms with Crippen LogP contribution in [0, 0.1) is 23.6 Å². The van der Waals surface area contributed by atoms with E-state index in [-0.39, 0.29) is 46.4 Å². The lowest BCUT2D eigenvalue weighted by Gasteiger charge is -2.36. The fraction of sp³-hybridized carbons (Fsp3) is 0.424. The average molecular weight is 573 g/mol. The third-order valence-electron chi connectivity index (χ3n) is 9.08. The van der Waals surface area contributed by atoms with Crippen molar-refractivity contribution in [1.82, 2.24) is 10.3 Å². The average Bonchev–Trinajstić information content (AvgIpc) is 3.45. The van der Waals surface area contributed by atoms with E-state index in [1.165, 1.54) is 11.0 Å². The van der Waals surface area contributed by atoms with Crippen LogP contribution in [-0.4, -0.2) is 41.8 Å². The Morgan fingerprint density at radius 1 is 1.12 bits per heavy atom. The molecule has 2 aliphatic heterocycles. The number of ether oxygens (including phenoxy) is 2. The van der Waals surface area contributed by atoms with Crippen molar-refractivity contribution in [2.45, 2.75) is 57.4 Å². The number of pyridine rings is 1. The second-order valence-corrected chi connectivity index (χ2v) is 12.9. The molecular weight excluding hydrogens is 535 g/mol. The number of nitrogens with one attached hydrogen (secondary N) is 1. The van der Waals surface area contributed by atoms with E-state index >= 15 is 0 Å². The van der Waals surface area contributed by atoms with Gasteiger partial charge in [0.1, 0.15) is 11.9 Å². The van der Waals surface area contributed by atoms with E-state index in [1.807, 2.05) is 31.2 Å². The summed E-state index contributed by atoms with van der Waals surface area (Å²) in [4.78, 5) is 34.4. The minimum atomic E-state index is -1.09. The lowest BCUT2D eigenvalue weighted by atomic mass is 9.87. The molecule has 3 fully saturated rings. The Labute approximate surface area is 245 Å². The number of carbonyl (C=O) groups is 2. The normalized spacial score (nSPS) is 27.0. The van der Waals surface area contributed by atoms with Crippen LogP contribution < -0.4 is 16.0 Å². The van der Waals surface area contributed by atoms with Crippen molar-refractivity contribution in [3.8, 4) is 0 Å². The number of nitrogens with zero attached hydrogens (tertiary/aromatic N) is 2. The molecule has 0 radical (unpaired) electrons. The van der Waals surface area contributed by atoms with Crippen LogP contribution in [0.3, 0.4) is 0 Å². The van der Waals surface area contributed by atoms with Crippen molar-refractivity contribution in [3.05, 3.63) is 89.5 Å². The maximum absolute atomic E-state index is 14.5. The number of aromatic nitrogens is 1. The predicted molar refractivity (Wildman–Crippen MR) is 157 cm³/mol. The topological polar surface area (TPSA) is 107 Å². The van der Waals surface area contributed by atoms with Crippen LogP contribution in [0.5, 0.6) is 0 Å². The van der Waals surface area contributed by atoms with Crippen LogP contribution >= 0.6 is 0 Å². The molecule has 9 heteroatoms. The van der Waals surface area contributed by atoms with E-state index < -0.39 is 23.6 Å². The van der Waals surface area contributed by atoms with Crippen LogP contribution in [0.2, 0.25) is 0 Å². The minimum absolute atomic E-state index is 0.0409. The van der Waals surface area contributed by atoms with Gasteiger partial charge in [-0.25, -0.2) is 4.39 Å². The van der Waals surface area contributed by atoms with Gasteiger partial charge in [-0.15, -0.1) is 0 Å². The largest absolute Gasteiger partial charge is 0.399 e. The smallest absolute Gasteiger partial charge is 0.259 e. The van der Waals surface area contributed by atoms with E-state index in [0.29, 0.717) is 24.5 Å². The predicted octanol–water partition coefficient (Wildman–Crippen LogP) is 5.00. The Morgan fingerprint density at radius 3 is 2.52 bits per heavy atom. The highest BCUT2D eigenvalue weighted by Crippen LogP contribution is 2.53. The fourth-order valence-corrected chi connectivity index (χ4v) is 6.84. The maximum atomic E-state index is 14.5. The molecule has 0 spiro atoms. The van der Waals surface area contributed by atoms with E-state index in [2.05, 4.69) is 31.1 Å². The third kappa shape index (κ3) is 5.05. The van der Waals surface area contributed by atoms with Gasteiger partial charge >= 0.3 is 0 Å². The van der Waals surface area contributed by atoms with Crippen molar-refractivity contribution in [2.75, 3.05) is 23.8 Å². The van der Waals surface area contributed by atoms with Gasteiger partial charge in [0, 0.05) is 58.7 Å². The Balaban J connectivity index is 1.43. The molecule has 3 aliphatic rings. The number of hydrogen-bond donors (Lipinski definition) is 2. The van der Waals surface area contributed by atoms with Crippen LogP contribution in [0.4, 0.5) is 15.8 Å². The summed E-state index contributed by atoms with van der Waals surface area (Å²) in [6, 6.07) is 13.5. The number of carbonyl (C=O) groups excluding carboxylic acids is 2. The molecule has 220 valence electrons. The molecule has 2 aromatic carbocycles. The lowest BCUT2D eigenvalue weighted by molar-refractivity contribution is -0.243. The number of halogens is 1. The standard InChI is InChI=1S/C33H37FN4O4/c1-32(2,3)22-7-9-25(10-8-22)38(31(40)20-12-23(34)15-24(35)13-20)29(19-6-5-11-36-16-19)30(39)37-28-21-14-27-26(28)18-42-33(27,4)41-17-21/h5-13,15-16,21,26-29H,14,17-18,35H2,1-4H3,(H,37,39)/t21?,26?,27?,28-,29?,33-/m0/s1. The van der Waals surface area contributed by atoms with Gasteiger partial charge in [0.15, 0.2) is 5.79 Å². The van der Waals surface area contributed by atoms with Gasteiger partial charge < -0.3 is 20.5 Å². The summed E-state index contributed by atoms with van der Waals surface area (Å²) in [5.74, 6) is -1.72. The van der Waals surface area contributed by atoms with Gasteiger partial charge in [-0.3, -0.25) is 19.5 Å². The first-order valence-corrected chi connectivity index (χ1v) is 14.4. The van der Waals surface area contributed by atoms with Gasteiger partial charge in [0.05, 0.1) is 13.2 Å². The number of nitrogen functional groups attached to an aromatic ring is 1. The molecular formula is C33H37FN4O4. The quantitative estimate of drug-likeness (QED) is 0.403. The van der Waals surface area contributed by atoms with Gasteiger partial charge in [-0.1, -0.05) is 39.0 Å². The fourth-order valence-electron chi connectivity index (χ4n) is 6.84. The zero-order valence-corrected chi connectivity index (χ0v) is 24.3. The summed E-state index contributed by atoms with van der Waals surface area (Å²) in [5.41, 5.74) is 8.05. The van der Waals surface area contributed by atoms with Gasteiger partial charge in [0.25, 0.3) is 5.91 Å². The number of nitrogens with two attached hydrogens (primary N) is 1. The van der Waals surface area contributed by atoms with Crippen molar-refractivity contribution < 1.29 is 23.5 Å². The molecule has 1 aliphatic carbocycles. The number of anilines is 2. The summed E-state index contributed by atoms with van der Waals surface area (Å²) in [7, 11) is 0. The minimum Gasteiger partial charge on any atom is -0.399 e. The highest BCUT2D eigenvalue weighted by Gasteiger charge is 2.61. The molecule has 2 bridgehead atoms. The first-order valence-electron chi connectivity index (χ1n) is 14.4. The van der Waals surface area contributed by atoms with Crippen molar-refractivity contribution >= 4 is 23.2 Å². The Hall–Kier alpha value is -3.82. The number of rotatable bonds is 6. The number of amides is 2. The summed E-state index contributed by atoms with van der Waals surface area (Å²) < 4.78 is 26.6. The van der Waals surface area contributed by atoms with Crippen molar-refractivity contribution in [1.29, 1.82) is 0 Å².